The van der Waals surface area contributed by atoms with Crippen molar-refractivity contribution in [3.8, 4) is 11.5 Å². The summed E-state index contributed by atoms with van der Waals surface area (Å²) in [6, 6.07) is 4.06. The fourth-order valence-corrected chi connectivity index (χ4v) is 2.74. The molecule has 96 valence electrons. The number of rotatable bonds is 7. The van der Waals surface area contributed by atoms with Crippen LogP contribution in [-0.2, 0) is 0 Å². The molecule has 0 radical (unpaired) electrons. The van der Waals surface area contributed by atoms with Crippen LogP contribution in [0.25, 0.3) is 0 Å². The molecule has 17 heavy (non-hydrogen) atoms. The van der Waals surface area contributed by atoms with Crippen LogP contribution in [0.4, 0.5) is 0 Å². The van der Waals surface area contributed by atoms with Gasteiger partial charge < -0.3 is 9.47 Å². The molecule has 0 unspecified atom stereocenters. The zero-order chi connectivity index (χ0) is 12.7. The van der Waals surface area contributed by atoms with E-state index >= 15 is 0 Å². The molecule has 0 amide bonds. The summed E-state index contributed by atoms with van der Waals surface area (Å²) in [5.41, 5.74) is 0. The third-order valence-corrected chi connectivity index (χ3v) is 4.15. The van der Waals surface area contributed by atoms with E-state index in [0.29, 0.717) is 0 Å². The lowest BCUT2D eigenvalue weighted by Crippen LogP contribution is -2.00. The first-order valence-corrected chi connectivity index (χ1v) is 8.00. The number of ether oxygens (including phenoxy) is 2. The number of methoxy groups -OCH3 is 1. The van der Waals surface area contributed by atoms with Crippen LogP contribution in [0, 0.1) is 7.14 Å². The van der Waals surface area contributed by atoms with E-state index in [1.807, 2.05) is 12.1 Å². The van der Waals surface area contributed by atoms with Crippen molar-refractivity contribution in [3.63, 3.8) is 0 Å². The fraction of sp³-hybridized carbons (Fsp3) is 0.538. The van der Waals surface area contributed by atoms with Gasteiger partial charge in [0.15, 0.2) is 0 Å². The maximum absolute atomic E-state index is 5.80. The number of halogens is 2. The molecule has 1 rings (SSSR count). The summed E-state index contributed by atoms with van der Waals surface area (Å²) in [5, 5.41) is 0. The molecule has 0 aliphatic rings. The third kappa shape index (κ3) is 5.19. The molecule has 0 aliphatic carbocycles. The average molecular weight is 460 g/mol. The van der Waals surface area contributed by atoms with Gasteiger partial charge in [0.1, 0.15) is 11.5 Å². The van der Waals surface area contributed by atoms with Crippen molar-refractivity contribution in [2.75, 3.05) is 13.7 Å². The molecule has 0 heterocycles. The molecular formula is C13H18I2O2. The van der Waals surface area contributed by atoms with Gasteiger partial charge in [0.2, 0.25) is 0 Å². The topological polar surface area (TPSA) is 18.5 Å². The van der Waals surface area contributed by atoms with Gasteiger partial charge in [-0.3, -0.25) is 0 Å². The Bertz CT molecular complexity index is 354. The van der Waals surface area contributed by atoms with Gasteiger partial charge in [-0.25, -0.2) is 0 Å². The maximum atomic E-state index is 5.80. The molecule has 0 aliphatic heterocycles. The van der Waals surface area contributed by atoms with Crippen LogP contribution in [0.15, 0.2) is 12.1 Å². The Morgan fingerprint density at radius 1 is 1.00 bits per heavy atom. The van der Waals surface area contributed by atoms with Crippen LogP contribution in [0.1, 0.15) is 32.6 Å². The second kappa shape index (κ2) is 8.39. The molecule has 1 aromatic rings. The SMILES string of the molecule is CCCCCCOc1cc(I)c(OC)cc1I. The van der Waals surface area contributed by atoms with E-state index in [1.54, 1.807) is 7.11 Å². The van der Waals surface area contributed by atoms with Crippen molar-refractivity contribution in [2.24, 2.45) is 0 Å². The Hall–Kier alpha value is 0.280. The van der Waals surface area contributed by atoms with Crippen molar-refractivity contribution in [1.29, 1.82) is 0 Å². The van der Waals surface area contributed by atoms with Crippen molar-refractivity contribution in [1.82, 2.24) is 0 Å². The minimum absolute atomic E-state index is 0.804. The third-order valence-electron chi connectivity index (χ3n) is 2.46. The maximum Gasteiger partial charge on any atom is 0.133 e. The molecule has 0 spiro atoms. The summed E-state index contributed by atoms with van der Waals surface area (Å²) in [7, 11) is 1.69. The Morgan fingerprint density at radius 3 is 2.29 bits per heavy atom. The van der Waals surface area contributed by atoms with Crippen LogP contribution in [0.2, 0.25) is 0 Å². The summed E-state index contributed by atoms with van der Waals surface area (Å²) < 4.78 is 13.3. The molecule has 1 aromatic carbocycles. The summed E-state index contributed by atoms with van der Waals surface area (Å²) in [4.78, 5) is 0. The van der Waals surface area contributed by atoms with Gasteiger partial charge in [0.25, 0.3) is 0 Å². The number of hydrogen-bond acceptors (Lipinski definition) is 2. The van der Waals surface area contributed by atoms with Gasteiger partial charge in [0, 0.05) is 0 Å². The molecule has 4 heteroatoms. The van der Waals surface area contributed by atoms with Gasteiger partial charge in [-0.1, -0.05) is 26.2 Å². The average Bonchev–Trinajstić information content (AvgIpc) is 2.32. The lowest BCUT2D eigenvalue weighted by Gasteiger charge is -2.11. The zero-order valence-electron chi connectivity index (χ0n) is 10.3. The molecule has 0 N–H and O–H groups in total. The smallest absolute Gasteiger partial charge is 0.133 e. The van der Waals surface area contributed by atoms with Crippen molar-refractivity contribution in [3.05, 3.63) is 19.3 Å². The van der Waals surface area contributed by atoms with E-state index < -0.39 is 0 Å². The predicted octanol–water partition coefficient (Wildman–Crippen LogP) is 4.86. The first kappa shape index (κ1) is 15.3. The minimum atomic E-state index is 0.804. The van der Waals surface area contributed by atoms with Crippen molar-refractivity contribution >= 4 is 45.2 Å². The highest BCUT2D eigenvalue weighted by Gasteiger charge is 2.07. The molecule has 0 fully saturated rings. The first-order chi connectivity index (χ1) is 8.19. The van der Waals surface area contributed by atoms with Gasteiger partial charge >= 0.3 is 0 Å². The highest BCUT2D eigenvalue weighted by Crippen LogP contribution is 2.31. The summed E-state index contributed by atoms with van der Waals surface area (Å²) >= 11 is 4.55. The second-order valence-electron chi connectivity index (χ2n) is 3.83. The Labute approximate surface area is 131 Å². The molecule has 0 atom stereocenters. The largest absolute Gasteiger partial charge is 0.496 e. The highest BCUT2D eigenvalue weighted by atomic mass is 127. The van der Waals surface area contributed by atoms with E-state index in [9.17, 15) is 0 Å². The number of benzene rings is 1. The first-order valence-electron chi connectivity index (χ1n) is 5.84. The monoisotopic (exact) mass is 460 g/mol. The van der Waals surface area contributed by atoms with Crippen LogP contribution in [-0.4, -0.2) is 13.7 Å². The van der Waals surface area contributed by atoms with E-state index in [1.165, 1.54) is 19.3 Å². The van der Waals surface area contributed by atoms with E-state index in [0.717, 1.165) is 31.7 Å². The minimum Gasteiger partial charge on any atom is -0.496 e. The zero-order valence-corrected chi connectivity index (χ0v) is 14.6. The van der Waals surface area contributed by atoms with Crippen LogP contribution in [0.5, 0.6) is 11.5 Å². The second-order valence-corrected chi connectivity index (χ2v) is 6.15. The quantitative estimate of drug-likeness (QED) is 0.428. The lowest BCUT2D eigenvalue weighted by atomic mass is 10.2. The fourth-order valence-electron chi connectivity index (χ4n) is 1.49. The van der Waals surface area contributed by atoms with Crippen LogP contribution < -0.4 is 9.47 Å². The Kier molecular flexibility index (Phi) is 7.57. The van der Waals surface area contributed by atoms with E-state index in [4.69, 9.17) is 9.47 Å². The van der Waals surface area contributed by atoms with Crippen molar-refractivity contribution in [2.45, 2.75) is 32.6 Å². The highest BCUT2D eigenvalue weighted by molar-refractivity contribution is 14.1. The van der Waals surface area contributed by atoms with Gasteiger partial charge in [-0.05, 0) is 63.7 Å². The van der Waals surface area contributed by atoms with Crippen LogP contribution in [0.3, 0.4) is 0 Å². The lowest BCUT2D eigenvalue weighted by molar-refractivity contribution is 0.302. The number of hydrogen-bond donors (Lipinski definition) is 0. The Morgan fingerprint density at radius 2 is 1.65 bits per heavy atom. The Balaban J connectivity index is 2.51. The molecular weight excluding hydrogens is 442 g/mol. The van der Waals surface area contributed by atoms with Gasteiger partial charge in [-0.15, -0.1) is 0 Å². The normalized spacial score (nSPS) is 10.4. The number of unbranched alkanes of at least 4 members (excludes halogenated alkanes) is 3. The molecule has 0 saturated carbocycles. The van der Waals surface area contributed by atoms with E-state index in [2.05, 4.69) is 52.1 Å². The molecule has 0 aromatic heterocycles. The van der Waals surface area contributed by atoms with Gasteiger partial charge in [-0.2, -0.15) is 0 Å². The summed E-state index contributed by atoms with van der Waals surface area (Å²) in [5.74, 6) is 1.88. The van der Waals surface area contributed by atoms with Crippen molar-refractivity contribution < 1.29 is 9.47 Å². The molecule has 0 bridgehead atoms. The van der Waals surface area contributed by atoms with Crippen LogP contribution >= 0.6 is 45.2 Å². The van der Waals surface area contributed by atoms with E-state index in [-0.39, 0.29) is 0 Å². The summed E-state index contributed by atoms with van der Waals surface area (Å²) in [6.07, 6.45) is 4.94. The van der Waals surface area contributed by atoms with Gasteiger partial charge in [0.05, 0.1) is 20.9 Å². The standard InChI is InChI=1S/C13H18I2O2/c1-3-4-5-6-7-17-13-9-10(14)12(16-2)8-11(13)15/h8-9H,3-7H2,1-2H3. The summed E-state index contributed by atoms with van der Waals surface area (Å²) in [6.45, 7) is 3.02. The molecule has 2 nitrogen and oxygen atoms in total. The predicted molar refractivity (Wildman–Crippen MR) is 88.1 cm³/mol. The molecule has 0 saturated heterocycles.